The molecule has 1 N–H and O–H groups in total. The number of rotatable bonds is 8. The molecule has 0 spiro atoms. The predicted octanol–water partition coefficient (Wildman–Crippen LogP) is 4.69. The number of hydrogen-bond acceptors (Lipinski definition) is 3. The smallest absolute Gasteiger partial charge is 0.0375 e. The summed E-state index contributed by atoms with van der Waals surface area (Å²) < 4.78 is 1.19. The van der Waals surface area contributed by atoms with Gasteiger partial charge in [0, 0.05) is 35.2 Å². The molecule has 2 rings (SSSR count). The van der Waals surface area contributed by atoms with E-state index in [4.69, 9.17) is 0 Å². The minimum atomic E-state index is 0.924. The van der Waals surface area contributed by atoms with Gasteiger partial charge in [0.15, 0.2) is 0 Å². The molecule has 0 saturated carbocycles. The lowest BCUT2D eigenvalue weighted by molar-refractivity contribution is 0.674. The predicted molar refractivity (Wildman–Crippen MR) is 97.4 cm³/mol. The van der Waals surface area contributed by atoms with Gasteiger partial charge in [0.25, 0.3) is 0 Å². The summed E-state index contributed by atoms with van der Waals surface area (Å²) in [4.78, 5) is 3.76. The van der Waals surface area contributed by atoms with Crippen molar-refractivity contribution in [3.63, 3.8) is 0 Å². The quantitative estimate of drug-likeness (QED) is 0.681. The summed E-state index contributed by atoms with van der Waals surface area (Å²) in [6.45, 7) is 5.22. The topological polar surface area (TPSA) is 15.3 Å². The molecule has 1 aromatic carbocycles. The van der Waals surface area contributed by atoms with Gasteiger partial charge in [-0.2, -0.15) is 0 Å². The molecule has 1 aromatic heterocycles. The van der Waals surface area contributed by atoms with Crippen LogP contribution < -0.4 is 10.2 Å². The molecule has 0 aliphatic rings. The van der Waals surface area contributed by atoms with E-state index in [1.54, 1.807) is 0 Å². The third kappa shape index (κ3) is 5.13. The second-order valence-corrected chi connectivity index (χ2v) is 7.09. The molecule has 0 aliphatic heterocycles. The van der Waals surface area contributed by atoms with Crippen LogP contribution in [0.2, 0.25) is 0 Å². The van der Waals surface area contributed by atoms with Gasteiger partial charge in [-0.1, -0.05) is 35.0 Å². The van der Waals surface area contributed by atoms with Crippen molar-refractivity contribution in [2.24, 2.45) is 0 Å². The molecule has 1 heterocycles. The Bertz CT molecular complexity index is 540. The van der Waals surface area contributed by atoms with Crippen molar-refractivity contribution in [1.29, 1.82) is 0 Å². The Kier molecular flexibility index (Phi) is 6.74. The molecule has 0 amide bonds. The highest BCUT2D eigenvalue weighted by atomic mass is 79.9. The maximum Gasteiger partial charge on any atom is 0.0375 e. The first kappa shape index (κ1) is 16.5. The van der Waals surface area contributed by atoms with Crippen molar-refractivity contribution in [3.8, 4) is 0 Å². The fourth-order valence-corrected chi connectivity index (χ4v) is 3.38. The zero-order valence-corrected chi connectivity index (χ0v) is 15.1. The molecule has 0 radical (unpaired) electrons. The van der Waals surface area contributed by atoms with E-state index in [0.717, 1.165) is 26.1 Å². The van der Waals surface area contributed by atoms with E-state index in [-0.39, 0.29) is 0 Å². The van der Waals surface area contributed by atoms with Crippen molar-refractivity contribution in [3.05, 3.63) is 50.6 Å². The number of nitrogens with one attached hydrogen (secondary N) is 1. The SMILES string of the molecule is CCCNCc1ccc(N(C)CCc2cccs2)cc1Br. The van der Waals surface area contributed by atoms with E-state index in [9.17, 15) is 0 Å². The highest BCUT2D eigenvalue weighted by Gasteiger charge is 2.06. The van der Waals surface area contributed by atoms with Gasteiger partial charge in [0.05, 0.1) is 0 Å². The van der Waals surface area contributed by atoms with Crippen molar-refractivity contribution in [1.82, 2.24) is 5.32 Å². The van der Waals surface area contributed by atoms with Gasteiger partial charge in [0.1, 0.15) is 0 Å². The third-order valence-corrected chi connectivity index (χ3v) is 5.17. The van der Waals surface area contributed by atoms with Crippen LogP contribution in [0.15, 0.2) is 40.2 Å². The minimum Gasteiger partial charge on any atom is -0.374 e. The Morgan fingerprint density at radius 3 is 2.81 bits per heavy atom. The van der Waals surface area contributed by atoms with Gasteiger partial charge in [0.2, 0.25) is 0 Å². The summed E-state index contributed by atoms with van der Waals surface area (Å²) in [5, 5.41) is 5.59. The normalized spacial score (nSPS) is 10.8. The Morgan fingerprint density at radius 2 is 2.14 bits per heavy atom. The van der Waals surface area contributed by atoms with Crippen LogP contribution in [0.25, 0.3) is 0 Å². The van der Waals surface area contributed by atoms with Crippen LogP contribution >= 0.6 is 27.3 Å². The molecule has 0 aliphatic carbocycles. The standard InChI is InChI=1S/C17H23BrN2S/c1-3-9-19-13-14-6-7-15(12-17(14)18)20(2)10-8-16-5-4-11-21-16/h4-7,11-12,19H,3,8-10,13H2,1-2H3. The monoisotopic (exact) mass is 366 g/mol. The molecule has 0 saturated heterocycles. The number of nitrogens with zero attached hydrogens (tertiary/aromatic N) is 1. The van der Waals surface area contributed by atoms with Gasteiger partial charge >= 0.3 is 0 Å². The Balaban J connectivity index is 1.91. The highest BCUT2D eigenvalue weighted by molar-refractivity contribution is 9.10. The summed E-state index contributed by atoms with van der Waals surface area (Å²) >= 11 is 5.53. The van der Waals surface area contributed by atoms with Crippen LogP contribution in [0.5, 0.6) is 0 Å². The van der Waals surface area contributed by atoms with Crippen LogP contribution in [0, 0.1) is 0 Å². The van der Waals surface area contributed by atoms with Gasteiger partial charge < -0.3 is 10.2 Å². The first-order chi connectivity index (χ1) is 10.2. The second kappa shape index (κ2) is 8.57. The Labute approximate surface area is 140 Å². The number of benzene rings is 1. The third-order valence-electron chi connectivity index (χ3n) is 3.49. The highest BCUT2D eigenvalue weighted by Crippen LogP contribution is 2.24. The average molecular weight is 367 g/mol. The Morgan fingerprint density at radius 1 is 1.29 bits per heavy atom. The largest absolute Gasteiger partial charge is 0.374 e. The lowest BCUT2D eigenvalue weighted by atomic mass is 10.2. The van der Waals surface area contributed by atoms with Crippen LogP contribution in [0.3, 0.4) is 0 Å². The van der Waals surface area contributed by atoms with Gasteiger partial charge in [-0.25, -0.2) is 0 Å². The zero-order chi connectivity index (χ0) is 15.1. The van der Waals surface area contributed by atoms with Crippen LogP contribution in [-0.4, -0.2) is 20.1 Å². The van der Waals surface area contributed by atoms with Gasteiger partial charge in [-0.3, -0.25) is 0 Å². The minimum absolute atomic E-state index is 0.924. The molecular formula is C17H23BrN2S. The van der Waals surface area contributed by atoms with E-state index in [1.165, 1.54) is 27.0 Å². The van der Waals surface area contributed by atoms with Crippen LogP contribution in [0.1, 0.15) is 23.8 Å². The van der Waals surface area contributed by atoms with Crippen LogP contribution in [-0.2, 0) is 13.0 Å². The molecule has 0 unspecified atom stereocenters. The molecule has 0 fully saturated rings. The molecule has 21 heavy (non-hydrogen) atoms. The number of hydrogen-bond donors (Lipinski definition) is 1. The number of anilines is 1. The molecule has 0 atom stereocenters. The molecule has 2 nitrogen and oxygen atoms in total. The molecular weight excluding hydrogens is 344 g/mol. The van der Waals surface area contributed by atoms with E-state index in [1.807, 2.05) is 11.3 Å². The van der Waals surface area contributed by atoms with E-state index in [2.05, 4.69) is 75.8 Å². The fraction of sp³-hybridized carbons (Fsp3) is 0.412. The lowest BCUT2D eigenvalue weighted by Crippen LogP contribution is -2.20. The van der Waals surface area contributed by atoms with Crippen molar-refractivity contribution in [2.45, 2.75) is 26.3 Å². The summed E-state index contributed by atoms with van der Waals surface area (Å²) in [6, 6.07) is 11.0. The first-order valence-electron chi connectivity index (χ1n) is 7.43. The number of likely N-dealkylation sites (N-methyl/N-ethyl adjacent to an activating group) is 1. The van der Waals surface area contributed by atoms with Crippen molar-refractivity contribution >= 4 is 33.0 Å². The Hall–Kier alpha value is -0.840. The summed E-state index contributed by atoms with van der Waals surface area (Å²) in [5.74, 6) is 0. The maximum atomic E-state index is 3.69. The van der Waals surface area contributed by atoms with Gasteiger partial charge in [-0.15, -0.1) is 11.3 Å². The lowest BCUT2D eigenvalue weighted by Gasteiger charge is -2.20. The number of halogens is 1. The first-order valence-corrected chi connectivity index (χ1v) is 9.10. The van der Waals surface area contributed by atoms with E-state index < -0.39 is 0 Å². The maximum absolute atomic E-state index is 3.69. The zero-order valence-electron chi connectivity index (χ0n) is 12.7. The number of thiophene rings is 1. The molecule has 0 bridgehead atoms. The molecule has 4 heteroatoms. The molecule has 2 aromatic rings. The van der Waals surface area contributed by atoms with Crippen LogP contribution in [0.4, 0.5) is 5.69 Å². The average Bonchev–Trinajstić information content (AvgIpc) is 3.00. The summed E-state index contributed by atoms with van der Waals surface area (Å²) in [6.07, 6.45) is 2.27. The van der Waals surface area contributed by atoms with Crippen molar-refractivity contribution in [2.75, 3.05) is 25.0 Å². The van der Waals surface area contributed by atoms with E-state index in [0.29, 0.717) is 0 Å². The second-order valence-electron chi connectivity index (χ2n) is 5.20. The molecule has 114 valence electrons. The van der Waals surface area contributed by atoms with Crippen molar-refractivity contribution < 1.29 is 0 Å². The summed E-state index contributed by atoms with van der Waals surface area (Å²) in [7, 11) is 2.16. The fourth-order valence-electron chi connectivity index (χ4n) is 2.18. The summed E-state index contributed by atoms with van der Waals surface area (Å²) in [5.41, 5.74) is 2.58. The van der Waals surface area contributed by atoms with Gasteiger partial charge in [-0.05, 0) is 48.5 Å². The van der Waals surface area contributed by atoms with E-state index >= 15 is 0 Å².